The molecule has 0 saturated carbocycles. The molecule has 0 N–H and O–H groups in total. The molecule has 0 bridgehead atoms. The SMILES string of the molecule is C=CCCCCCCCCOCCOC. The zero-order valence-electron chi connectivity index (χ0n) is 10.2. The molecule has 0 aromatic heterocycles. The first-order chi connectivity index (χ1) is 7.41. The Balaban J connectivity index is 2.83. The van der Waals surface area contributed by atoms with Gasteiger partial charge in [0.1, 0.15) is 0 Å². The molecule has 15 heavy (non-hydrogen) atoms. The second-order valence-corrected chi connectivity index (χ2v) is 3.80. The highest BCUT2D eigenvalue weighted by molar-refractivity contribution is 4.65. The third-order valence-corrected chi connectivity index (χ3v) is 2.38. The zero-order chi connectivity index (χ0) is 11.2. The van der Waals surface area contributed by atoms with Gasteiger partial charge in [0.15, 0.2) is 0 Å². The molecule has 2 nitrogen and oxygen atoms in total. The first kappa shape index (κ1) is 14.7. The van der Waals surface area contributed by atoms with E-state index in [9.17, 15) is 0 Å². The quantitative estimate of drug-likeness (QED) is 0.365. The summed E-state index contributed by atoms with van der Waals surface area (Å²) < 4.78 is 10.3. The molecule has 0 heterocycles. The van der Waals surface area contributed by atoms with Crippen molar-refractivity contribution in [2.24, 2.45) is 0 Å². The van der Waals surface area contributed by atoms with Crippen molar-refractivity contribution in [1.29, 1.82) is 0 Å². The molecule has 0 aliphatic rings. The maximum Gasteiger partial charge on any atom is 0.0700 e. The Morgan fingerprint density at radius 2 is 1.53 bits per heavy atom. The van der Waals surface area contributed by atoms with Crippen LogP contribution in [0.15, 0.2) is 12.7 Å². The van der Waals surface area contributed by atoms with Gasteiger partial charge in [-0.1, -0.05) is 31.8 Å². The van der Waals surface area contributed by atoms with Gasteiger partial charge in [0.05, 0.1) is 13.2 Å². The lowest BCUT2D eigenvalue weighted by atomic mass is 10.1. The van der Waals surface area contributed by atoms with Gasteiger partial charge in [0.2, 0.25) is 0 Å². The predicted molar refractivity (Wildman–Crippen MR) is 65.2 cm³/mol. The number of ether oxygens (including phenoxy) is 2. The smallest absolute Gasteiger partial charge is 0.0700 e. The minimum atomic E-state index is 0.710. The lowest BCUT2D eigenvalue weighted by molar-refractivity contribution is 0.0685. The molecular weight excluding hydrogens is 188 g/mol. The second-order valence-electron chi connectivity index (χ2n) is 3.80. The largest absolute Gasteiger partial charge is 0.382 e. The van der Waals surface area contributed by atoms with Crippen LogP contribution in [0, 0.1) is 0 Å². The Hall–Kier alpha value is -0.340. The van der Waals surface area contributed by atoms with Crippen LogP contribution < -0.4 is 0 Å². The van der Waals surface area contributed by atoms with Crippen LogP contribution >= 0.6 is 0 Å². The molecule has 0 fully saturated rings. The first-order valence-electron chi connectivity index (χ1n) is 6.09. The van der Waals surface area contributed by atoms with Gasteiger partial charge in [0.25, 0.3) is 0 Å². The lowest BCUT2D eigenvalue weighted by Gasteiger charge is -2.03. The Labute approximate surface area is 94.7 Å². The molecule has 0 aliphatic heterocycles. The van der Waals surface area contributed by atoms with Crippen molar-refractivity contribution < 1.29 is 9.47 Å². The van der Waals surface area contributed by atoms with Crippen LogP contribution in [0.2, 0.25) is 0 Å². The summed E-state index contributed by atoms with van der Waals surface area (Å²) in [7, 11) is 1.70. The van der Waals surface area contributed by atoms with Crippen LogP contribution in [-0.2, 0) is 9.47 Å². The number of hydrogen-bond donors (Lipinski definition) is 0. The summed E-state index contributed by atoms with van der Waals surface area (Å²) in [4.78, 5) is 0. The maximum absolute atomic E-state index is 5.38. The third-order valence-electron chi connectivity index (χ3n) is 2.38. The van der Waals surface area contributed by atoms with E-state index >= 15 is 0 Å². The molecule has 0 unspecified atom stereocenters. The maximum atomic E-state index is 5.38. The standard InChI is InChI=1S/C13H26O2/c1-3-4-5-6-7-8-9-10-11-15-13-12-14-2/h3H,1,4-13H2,2H3. The number of unbranched alkanes of at least 4 members (excludes halogenated alkanes) is 6. The van der Waals surface area contributed by atoms with Crippen molar-refractivity contribution >= 4 is 0 Å². The van der Waals surface area contributed by atoms with Crippen LogP contribution in [-0.4, -0.2) is 26.9 Å². The van der Waals surface area contributed by atoms with Gasteiger partial charge in [0, 0.05) is 13.7 Å². The summed E-state index contributed by atoms with van der Waals surface area (Å²) in [6.07, 6.45) is 11.0. The first-order valence-corrected chi connectivity index (χ1v) is 6.09. The van der Waals surface area contributed by atoms with E-state index < -0.39 is 0 Å². The molecule has 0 aromatic carbocycles. The van der Waals surface area contributed by atoms with E-state index in [-0.39, 0.29) is 0 Å². The Bertz CT molecular complexity index is 124. The molecule has 0 rings (SSSR count). The number of methoxy groups -OCH3 is 1. The molecule has 0 saturated heterocycles. The molecular formula is C13H26O2. The molecule has 0 radical (unpaired) electrons. The van der Waals surface area contributed by atoms with E-state index in [2.05, 4.69) is 6.58 Å². The van der Waals surface area contributed by atoms with Crippen LogP contribution in [0.4, 0.5) is 0 Å². The van der Waals surface area contributed by atoms with E-state index in [1.807, 2.05) is 6.08 Å². The van der Waals surface area contributed by atoms with Crippen LogP contribution in [0.3, 0.4) is 0 Å². The highest BCUT2D eigenvalue weighted by Gasteiger charge is 1.91. The summed E-state index contributed by atoms with van der Waals surface area (Å²) in [6, 6.07) is 0. The fourth-order valence-corrected chi connectivity index (χ4v) is 1.44. The van der Waals surface area contributed by atoms with Crippen molar-refractivity contribution in [3.05, 3.63) is 12.7 Å². The highest BCUT2D eigenvalue weighted by Crippen LogP contribution is 2.07. The summed E-state index contributed by atoms with van der Waals surface area (Å²) in [5.74, 6) is 0. The van der Waals surface area contributed by atoms with Gasteiger partial charge in [-0.3, -0.25) is 0 Å². The molecule has 0 amide bonds. The number of rotatable bonds is 12. The Kier molecular flexibility index (Phi) is 13.4. The van der Waals surface area contributed by atoms with Crippen molar-refractivity contribution in [2.45, 2.75) is 44.9 Å². The van der Waals surface area contributed by atoms with Gasteiger partial charge in [-0.25, -0.2) is 0 Å². The summed E-state index contributed by atoms with van der Waals surface area (Å²) >= 11 is 0. The fourth-order valence-electron chi connectivity index (χ4n) is 1.44. The van der Waals surface area contributed by atoms with Crippen LogP contribution in [0.1, 0.15) is 44.9 Å². The topological polar surface area (TPSA) is 18.5 Å². The number of hydrogen-bond acceptors (Lipinski definition) is 2. The predicted octanol–water partition coefficient (Wildman–Crippen LogP) is 3.57. The Morgan fingerprint density at radius 1 is 0.867 bits per heavy atom. The van der Waals surface area contributed by atoms with Crippen LogP contribution in [0.25, 0.3) is 0 Å². The third kappa shape index (κ3) is 13.7. The zero-order valence-corrected chi connectivity index (χ0v) is 10.2. The van der Waals surface area contributed by atoms with E-state index in [4.69, 9.17) is 9.47 Å². The second kappa shape index (κ2) is 13.7. The van der Waals surface area contributed by atoms with Crippen molar-refractivity contribution in [3.8, 4) is 0 Å². The summed E-state index contributed by atoms with van der Waals surface area (Å²) in [5.41, 5.74) is 0. The normalized spacial score (nSPS) is 10.5. The van der Waals surface area contributed by atoms with Gasteiger partial charge in [-0.05, 0) is 19.3 Å². The molecule has 0 spiro atoms. The van der Waals surface area contributed by atoms with Gasteiger partial charge < -0.3 is 9.47 Å². The minimum absolute atomic E-state index is 0.710. The molecule has 2 heteroatoms. The van der Waals surface area contributed by atoms with Crippen molar-refractivity contribution in [3.63, 3.8) is 0 Å². The van der Waals surface area contributed by atoms with E-state index in [0.29, 0.717) is 6.61 Å². The van der Waals surface area contributed by atoms with Gasteiger partial charge in [-0.15, -0.1) is 6.58 Å². The molecule has 0 aliphatic carbocycles. The van der Waals surface area contributed by atoms with E-state index in [1.165, 1.54) is 44.9 Å². The number of allylic oxidation sites excluding steroid dienone is 1. The van der Waals surface area contributed by atoms with E-state index in [1.54, 1.807) is 7.11 Å². The average Bonchev–Trinajstić information content (AvgIpc) is 2.26. The van der Waals surface area contributed by atoms with Crippen molar-refractivity contribution in [2.75, 3.05) is 26.9 Å². The average molecular weight is 214 g/mol. The molecule has 90 valence electrons. The lowest BCUT2D eigenvalue weighted by Crippen LogP contribution is -2.02. The summed E-state index contributed by atoms with van der Waals surface area (Å²) in [5, 5.41) is 0. The fraction of sp³-hybridized carbons (Fsp3) is 0.846. The van der Waals surface area contributed by atoms with Gasteiger partial charge >= 0.3 is 0 Å². The van der Waals surface area contributed by atoms with Crippen molar-refractivity contribution in [1.82, 2.24) is 0 Å². The summed E-state index contributed by atoms with van der Waals surface area (Å²) in [6.45, 7) is 6.04. The monoisotopic (exact) mass is 214 g/mol. The highest BCUT2D eigenvalue weighted by atomic mass is 16.5. The van der Waals surface area contributed by atoms with E-state index in [0.717, 1.165) is 13.2 Å². The van der Waals surface area contributed by atoms with Gasteiger partial charge in [-0.2, -0.15) is 0 Å². The molecule has 0 aromatic rings. The molecule has 0 atom stereocenters. The minimum Gasteiger partial charge on any atom is -0.382 e. The Morgan fingerprint density at radius 3 is 2.20 bits per heavy atom. The van der Waals surface area contributed by atoms with Crippen LogP contribution in [0.5, 0.6) is 0 Å².